The van der Waals surface area contributed by atoms with E-state index in [2.05, 4.69) is 10.6 Å². The van der Waals surface area contributed by atoms with Gasteiger partial charge in [-0.3, -0.25) is 9.59 Å². The molecule has 1 atom stereocenters. The zero-order valence-corrected chi connectivity index (χ0v) is 11.9. The molecule has 0 spiro atoms. The number of rotatable bonds is 4. The molecular formula is C16H20N2O3. The highest BCUT2D eigenvalue weighted by Crippen LogP contribution is 2.48. The third kappa shape index (κ3) is 2.78. The number of amides is 1. The second-order valence-electron chi connectivity index (χ2n) is 6.00. The van der Waals surface area contributed by atoms with Crippen molar-refractivity contribution < 1.29 is 14.7 Å². The van der Waals surface area contributed by atoms with Gasteiger partial charge in [0.05, 0.1) is 11.3 Å². The van der Waals surface area contributed by atoms with E-state index in [9.17, 15) is 14.7 Å². The average molecular weight is 288 g/mol. The first-order chi connectivity index (χ1) is 10.1. The van der Waals surface area contributed by atoms with E-state index in [-0.39, 0.29) is 11.8 Å². The number of carbonyl (C=O) groups is 2. The van der Waals surface area contributed by atoms with Crippen LogP contribution in [0.15, 0.2) is 24.3 Å². The average Bonchev–Trinajstić information content (AvgIpc) is 3.31. The van der Waals surface area contributed by atoms with Crippen LogP contribution in [-0.4, -0.2) is 30.1 Å². The maximum absolute atomic E-state index is 12.1. The number of anilines is 1. The number of carboxylic acid groups (broad SMARTS) is 1. The molecule has 2 aliphatic rings. The van der Waals surface area contributed by atoms with Crippen LogP contribution in [0, 0.1) is 5.92 Å². The molecule has 0 unspecified atom stereocenters. The quantitative estimate of drug-likeness (QED) is 0.788. The normalized spacial score (nSPS) is 23.3. The second-order valence-corrected chi connectivity index (χ2v) is 6.00. The summed E-state index contributed by atoms with van der Waals surface area (Å²) in [5.41, 5.74) is 0.873. The van der Waals surface area contributed by atoms with Crippen molar-refractivity contribution in [3.63, 3.8) is 0 Å². The van der Waals surface area contributed by atoms with Gasteiger partial charge in [0.2, 0.25) is 5.91 Å². The molecule has 1 aromatic carbocycles. The molecule has 3 N–H and O–H groups in total. The van der Waals surface area contributed by atoms with Crippen LogP contribution in [0.25, 0.3) is 0 Å². The van der Waals surface area contributed by atoms with Gasteiger partial charge < -0.3 is 15.7 Å². The van der Waals surface area contributed by atoms with Crippen LogP contribution in [0.3, 0.4) is 0 Å². The van der Waals surface area contributed by atoms with Crippen LogP contribution in [0.5, 0.6) is 0 Å². The second kappa shape index (κ2) is 5.48. The molecule has 1 saturated carbocycles. The minimum atomic E-state index is -0.757. The smallest absolute Gasteiger partial charge is 0.314 e. The molecule has 3 rings (SSSR count). The van der Waals surface area contributed by atoms with Gasteiger partial charge in [-0.05, 0) is 49.9 Å². The number of piperidine rings is 1. The Labute approximate surface area is 123 Å². The molecule has 21 heavy (non-hydrogen) atoms. The van der Waals surface area contributed by atoms with Gasteiger partial charge >= 0.3 is 5.97 Å². The maximum atomic E-state index is 12.1. The molecule has 1 aliphatic heterocycles. The highest BCUT2D eigenvalue weighted by Gasteiger charge is 2.51. The molecule has 5 nitrogen and oxygen atoms in total. The van der Waals surface area contributed by atoms with Crippen LogP contribution in [0.1, 0.15) is 31.2 Å². The SMILES string of the molecule is O=C(Nc1ccc(C2(C(=O)O)CC2)cc1)[C@@H]1CCCNC1. The number of nitrogens with one attached hydrogen (secondary N) is 2. The third-order valence-corrected chi connectivity index (χ3v) is 4.53. The minimum Gasteiger partial charge on any atom is -0.481 e. The van der Waals surface area contributed by atoms with Crippen molar-refractivity contribution in [3.8, 4) is 0 Å². The lowest BCUT2D eigenvalue weighted by atomic mass is 9.95. The van der Waals surface area contributed by atoms with E-state index >= 15 is 0 Å². The summed E-state index contributed by atoms with van der Waals surface area (Å²) in [6.45, 7) is 1.71. The summed E-state index contributed by atoms with van der Waals surface area (Å²) in [5, 5.41) is 15.4. The third-order valence-electron chi connectivity index (χ3n) is 4.53. The van der Waals surface area contributed by atoms with E-state index in [1.54, 1.807) is 12.1 Å². The Morgan fingerprint density at radius 3 is 2.48 bits per heavy atom. The number of benzene rings is 1. The minimum absolute atomic E-state index is 0.0206. The number of hydrogen-bond acceptors (Lipinski definition) is 3. The molecule has 1 amide bonds. The van der Waals surface area contributed by atoms with Crippen molar-refractivity contribution in [1.82, 2.24) is 5.32 Å². The molecule has 112 valence electrons. The Morgan fingerprint density at radius 2 is 1.95 bits per heavy atom. The van der Waals surface area contributed by atoms with E-state index in [1.165, 1.54) is 0 Å². The lowest BCUT2D eigenvalue weighted by Gasteiger charge is -2.22. The van der Waals surface area contributed by atoms with Gasteiger partial charge in [-0.15, -0.1) is 0 Å². The van der Waals surface area contributed by atoms with Crippen molar-refractivity contribution in [3.05, 3.63) is 29.8 Å². The first-order valence-electron chi connectivity index (χ1n) is 7.47. The highest BCUT2D eigenvalue weighted by molar-refractivity contribution is 5.93. The highest BCUT2D eigenvalue weighted by atomic mass is 16.4. The van der Waals surface area contributed by atoms with Crippen LogP contribution in [0.4, 0.5) is 5.69 Å². The summed E-state index contributed by atoms with van der Waals surface area (Å²) >= 11 is 0. The van der Waals surface area contributed by atoms with E-state index in [4.69, 9.17) is 0 Å². The molecule has 1 heterocycles. The number of carboxylic acids is 1. The zero-order valence-electron chi connectivity index (χ0n) is 11.9. The van der Waals surface area contributed by atoms with E-state index < -0.39 is 11.4 Å². The van der Waals surface area contributed by atoms with Crippen LogP contribution in [0.2, 0.25) is 0 Å². The van der Waals surface area contributed by atoms with E-state index in [1.807, 2.05) is 12.1 Å². The van der Waals surface area contributed by atoms with Crippen molar-refractivity contribution in [2.24, 2.45) is 5.92 Å². The molecule has 5 heteroatoms. The lowest BCUT2D eigenvalue weighted by molar-refractivity contribution is -0.140. The van der Waals surface area contributed by atoms with Crippen molar-refractivity contribution in [2.45, 2.75) is 31.1 Å². The Bertz CT molecular complexity index is 543. The van der Waals surface area contributed by atoms with Gasteiger partial charge in [0.15, 0.2) is 0 Å². The summed E-state index contributed by atoms with van der Waals surface area (Å²) in [6, 6.07) is 7.23. The molecule has 1 aliphatic carbocycles. The Kier molecular flexibility index (Phi) is 3.68. The van der Waals surface area contributed by atoms with Gasteiger partial charge in [0, 0.05) is 12.2 Å². The number of aliphatic carboxylic acids is 1. The van der Waals surface area contributed by atoms with E-state index in [0.717, 1.165) is 37.2 Å². The lowest BCUT2D eigenvalue weighted by Crippen LogP contribution is -2.37. The topological polar surface area (TPSA) is 78.4 Å². The molecule has 0 radical (unpaired) electrons. The molecular weight excluding hydrogens is 268 g/mol. The Hall–Kier alpha value is -1.88. The van der Waals surface area contributed by atoms with Crippen molar-refractivity contribution in [2.75, 3.05) is 18.4 Å². The van der Waals surface area contributed by atoms with Gasteiger partial charge in [-0.2, -0.15) is 0 Å². The summed E-state index contributed by atoms with van der Waals surface area (Å²) in [4.78, 5) is 23.4. The Morgan fingerprint density at radius 1 is 1.24 bits per heavy atom. The molecule has 0 aromatic heterocycles. The van der Waals surface area contributed by atoms with Gasteiger partial charge in [0.25, 0.3) is 0 Å². The van der Waals surface area contributed by atoms with Crippen molar-refractivity contribution in [1.29, 1.82) is 0 Å². The fourth-order valence-corrected chi connectivity index (χ4v) is 2.94. The molecule has 1 aromatic rings. The standard InChI is InChI=1S/C16H20N2O3/c19-14(11-2-1-9-17-10-11)18-13-5-3-12(4-6-13)16(7-8-16)15(20)21/h3-6,11,17H,1-2,7-10H2,(H,18,19)(H,20,21)/t11-/m1/s1. The monoisotopic (exact) mass is 288 g/mol. The fraction of sp³-hybridized carbons (Fsp3) is 0.500. The van der Waals surface area contributed by atoms with Gasteiger partial charge in [-0.1, -0.05) is 12.1 Å². The number of carbonyl (C=O) groups excluding carboxylic acids is 1. The number of hydrogen-bond donors (Lipinski definition) is 3. The van der Waals surface area contributed by atoms with Gasteiger partial charge in [0.1, 0.15) is 0 Å². The molecule has 2 fully saturated rings. The largest absolute Gasteiger partial charge is 0.481 e. The van der Waals surface area contributed by atoms with E-state index in [0.29, 0.717) is 12.8 Å². The Balaban J connectivity index is 1.65. The van der Waals surface area contributed by atoms with Crippen LogP contribution < -0.4 is 10.6 Å². The molecule has 0 bridgehead atoms. The maximum Gasteiger partial charge on any atom is 0.314 e. The predicted molar refractivity (Wildman–Crippen MR) is 79.2 cm³/mol. The van der Waals surface area contributed by atoms with Crippen LogP contribution >= 0.6 is 0 Å². The summed E-state index contributed by atoms with van der Waals surface area (Å²) in [7, 11) is 0. The summed E-state index contributed by atoms with van der Waals surface area (Å²) < 4.78 is 0. The van der Waals surface area contributed by atoms with Crippen LogP contribution in [-0.2, 0) is 15.0 Å². The summed E-state index contributed by atoms with van der Waals surface area (Å²) in [6.07, 6.45) is 3.33. The van der Waals surface area contributed by atoms with Gasteiger partial charge in [-0.25, -0.2) is 0 Å². The molecule has 1 saturated heterocycles. The fourth-order valence-electron chi connectivity index (χ4n) is 2.94. The predicted octanol–water partition coefficient (Wildman–Crippen LogP) is 1.74. The first-order valence-corrected chi connectivity index (χ1v) is 7.47. The van der Waals surface area contributed by atoms with Crippen molar-refractivity contribution >= 4 is 17.6 Å². The zero-order chi connectivity index (χ0) is 14.9. The first kappa shape index (κ1) is 14.1. The summed E-state index contributed by atoms with van der Waals surface area (Å²) in [5.74, 6) is -0.700.